The molecule has 0 spiro atoms. The molecular formula is C18H19N7. The molecule has 7 nitrogen and oxygen atoms in total. The van der Waals surface area contributed by atoms with Crippen molar-refractivity contribution in [2.24, 2.45) is 0 Å². The Kier molecular flexibility index (Phi) is 3.26. The first kappa shape index (κ1) is 14.5. The molecule has 0 saturated carbocycles. The Labute approximate surface area is 145 Å². The summed E-state index contributed by atoms with van der Waals surface area (Å²) in [5.74, 6) is 1.56. The molecule has 1 aliphatic heterocycles. The molecule has 2 aliphatic rings. The van der Waals surface area contributed by atoms with Gasteiger partial charge in [0.05, 0.1) is 5.69 Å². The molecule has 1 saturated heterocycles. The minimum atomic E-state index is 0.536. The Morgan fingerprint density at radius 2 is 1.92 bits per heavy atom. The van der Waals surface area contributed by atoms with Gasteiger partial charge in [0.2, 0.25) is 5.95 Å². The highest BCUT2D eigenvalue weighted by Crippen LogP contribution is 2.34. The van der Waals surface area contributed by atoms with Crippen LogP contribution in [-0.4, -0.2) is 43.2 Å². The molecule has 2 aromatic heterocycles. The third-order valence-electron chi connectivity index (χ3n) is 5.28. The maximum absolute atomic E-state index is 4.95. The highest BCUT2D eigenvalue weighted by atomic mass is 15.5. The van der Waals surface area contributed by atoms with Crippen LogP contribution in [0.3, 0.4) is 0 Å². The van der Waals surface area contributed by atoms with E-state index in [1.54, 1.807) is 0 Å². The molecule has 7 heteroatoms. The van der Waals surface area contributed by atoms with Gasteiger partial charge < -0.3 is 4.90 Å². The Balaban J connectivity index is 1.56. The van der Waals surface area contributed by atoms with E-state index in [-0.39, 0.29) is 0 Å². The Bertz CT molecular complexity index is 902. The van der Waals surface area contributed by atoms with Gasteiger partial charge in [0.15, 0.2) is 5.82 Å². The summed E-state index contributed by atoms with van der Waals surface area (Å²) in [6.45, 7) is 3.29. The van der Waals surface area contributed by atoms with Gasteiger partial charge in [0, 0.05) is 35.0 Å². The van der Waals surface area contributed by atoms with E-state index in [1.807, 2.05) is 12.1 Å². The minimum absolute atomic E-state index is 0.536. The summed E-state index contributed by atoms with van der Waals surface area (Å²) in [5, 5.41) is 14.0. The van der Waals surface area contributed by atoms with Crippen LogP contribution >= 0.6 is 0 Å². The van der Waals surface area contributed by atoms with Crippen LogP contribution in [-0.2, 0) is 12.8 Å². The molecule has 3 heterocycles. The van der Waals surface area contributed by atoms with Crippen LogP contribution in [0.5, 0.6) is 0 Å². The lowest BCUT2D eigenvalue weighted by atomic mass is 10.0. The maximum atomic E-state index is 4.95. The van der Waals surface area contributed by atoms with Gasteiger partial charge in [-0.1, -0.05) is 24.3 Å². The number of nitrogens with one attached hydrogen (secondary N) is 1. The Hall–Kier alpha value is -2.83. The summed E-state index contributed by atoms with van der Waals surface area (Å²) in [5.41, 5.74) is 5.72. The molecule has 1 N–H and O–H groups in total. The molecule has 1 atom stereocenters. The lowest BCUT2D eigenvalue weighted by Gasteiger charge is -2.39. The van der Waals surface area contributed by atoms with E-state index in [2.05, 4.69) is 44.6 Å². The molecule has 1 aliphatic carbocycles. The number of rotatable bonds is 3. The van der Waals surface area contributed by atoms with Crippen molar-refractivity contribution in [1.82, 2.24) is 30.6 Å². The van der Waals surface area contributed by atoms with Gasteiger partial charge in [-0.25, -0.2) is 15.1 Å². The first-order chi connectivity index (χ1) is 12.3. The molecule has 126 valence electrons. The summed E-state index contributed by atoms with van der Waals surface area (Å²) < 4.78 is 0. The van der Waals surface area contributed by atoms with E-state index < -0.39 is 0 Å². The Morgan fingerprint density at radius 1 is 1.08 bits per heavy atom. The number of hydrogen-bond donors (Lipinski definition) is 1. The number of aryl methyl sites for hydroxylation is 1. The van der Waals surface area contributed by atoms with Crippen molar-refractivity contribution in [2.45, 2.75) is 38.6 Å². The van der Waals surface area contributed by atoms with E-state index in [9.17, 15) is 0 Å². The number of hydrogen-bond acceptors (Lipinski definition) is 6. The van der Waals surface area contributed by atoms with Crippen LogP contribution in [0.1, 0.15) is 31.0 Å². The van der Waals surface area contributed by atoms with Crippen LogP contribution in [0.15, 0.2) is 24.3 Å². The van der Waals surface area contributed by atoms with Crippen molar-refractivity contribution in [3.63, 3.8) is 0 Å². The number of anilines is 1. The average Bonchev–Trinajstić information content (AvgIpc) is 3.31. The summed E-state index contributed by atoms with van der Waals surface area (Å²) >= 11 is 0. The summed E-state index contributed by atoms with van der Waals surface area (Å²) in [4.78, 5) is 12.1. The largest absolute Gasteiger partial charge is 0.338 e. The van der Waals surface area contributed by atoms with Gasteiger partial charge in [-0.05, 0) is 43.0 Å². The summed E-state index contributed by atoms with van der Waals surface area (Å²) in [7, 11) is 0. The fourth-order valence-electron chi connectivity index (χ4n) is 3.67. The quantitative estimate of drug-likeness (QED) is 0.792. The van der Waals surface area contributed by atoms with Crippen LogP contribution in [0.2, 0.25) is 0 Å². The predicted octanol–water partition coefficient (Wildman–Crippen LogP) is 2.41. The van der Waals surface area contributed by atoms with Crippen molar-refractivity contribution < 1.29 is 0 Å². The molecule has 0 bridgehead atoms. The smallest absolute Gasteiger partial charge is 0.226 e. The second kappa shape index (κ2) is 5.61. The number of aromatic nitrogens is 6. The first-order valence-electron chi connectivity index (χ1n) is 8.80. The number of nitrogens with zero attached hydrogens (tertiary/aromatic N) is 6. The van der Waals surface area contributed by atoms with Crippen molar-refractivity contribution in [2.75, 3.05) is 11.4 Å². The second-order valence-corrected chi connectivity index (χ2v) is 6.81. The molecule has 0 radical (unpaired) electrons. The van der Waals surface area contributed by atoms with Crippen LogP contribution in [0.25, 0.3) is 22.6 Å². The Morgan fingerprint density at radius 3 is 2.60 bits per heavy atom. The van der Waals surface area contributed by atoms with Crippen molar-refractivity contribution in [3.05, 3.63) is 35.5 Å². The van der Waals surface area contributed by atoms with Gasteiger partial charge in [-0.2, -0.15) is 0 Å². The van der Waals surface area contributed by atoms with Gasteiger partial charge in [0.25, 0.3) is 0 Å². The zero-order chi connectivity index (χ0) is 16.8. The van der Waals surface area contributed by atoms with Gasteiger partial charge in [-0.3, -0.25) is 0 Å². The minimum Gasteiger partial charge on any atom is -0.338 e. The van der Waals surface area contributed by atoms with Crippen molar-refractivity contribution >= 4 is 5.95 Å². The lowest BCUT2D eigenvalue weighted by Crippen LogP contribution is -2.46. The number of H-pyrrole nitrogens is 1. The maximum Gasteiger partial charge on any atom is 0.226 e. The summed E-state index contributed by atoms with van der Waals surface area (Å²) in [6.07, 6.45) is 4.50. The van der Waals surface area contributed by atoms with E-state index in [0.717, 1.165) is 48.6 Å². The molecule has 1 unspecified atom stereocenters. The van der Waals surface area contributed by atoms with Crippen molar-refractivity contribution in [1.29, 1.82) is 0 Å². The van der Waals surface area contributed by atoms with E-state index in [1.165, 1.54) is 17.7 Å². The fraction of sp³-hybridized carbons (Fsp3) is 0.389. The van der Waals surface area contributed by atoms with Gasteiger partial charge in [0.1, 0.15) is 0 Å². The molecule has 0 amide bonds. The van der Waals surface area contributed by atoms with Crippen molar-refractivity contribution in [3.8, 4) is 22.6 Å². The number of aromatic amines is 1. The fourth-order valence-corrected chi connectivity index (χ4v) is 3.67. The second-order valence-electron chi connectivity index (χ2n) is 6.81. The average molecular weight is 333 g/mol. The highest BCUT2D eigenvalue weighted by Gasteiger charge is 2.29. The third kappa shape index (κ3) is 2.38. The van der Waals surface area contributed by atoms with E-state index in [0.29, 0.717) is 11.9 Å². The SMILES string of the molecule is CC1CCN1c1nc2c(c(-c3ccc(-c4nnn[nH]4)cc3)n1)CCC2. The van der Waals surface area contributed by atoms with Gasteiger partial charge >= 0.3 is 0 Å². The lowest BCUT2D eigenvalue weighted by molar-refractivity contribution is 0.470. The number of benzene rings is 1. The monoisotopic (exact) mass is 333 g/mol. The number of tetrazole rings is 1. The zero-order valence-electron chi connectivity index (χ0n) is 14.1. The van der Waals surface area contributed by atoms with E-state index >= 15 is 0 Å². The van der Waals surface area contributed by atoms with E-state index in [4.69, 9.17) is 9.97 Å². The number of fused-ring (bicyclic) bond motifs is 1. The zero-order valence-corrected chi connectivity index (χ0v) is 14.1. The predicted molar refractivity (Wildman–Crippen MR) is 94.1 cm³/mol. The topological polar surface area (TPSA) is 83.5 Å². The summed E-state index contributed by atoms with van der Waals surface area (Å²) in [6, 6.07) is 8.80. The molecule has 5 rings (SSSR count). The van der Waals surface area contributed by atoms with Crippen LogP contribution < -0.4 is 4.90 Å². The molecule has 1 aromatic carbocycles. The normalized spacial score (nSPS) is 18.9. The molecule has 3 aromatic rings. The van der Waals surface area contributed by atoms with Crippen LogP contribution in [0.4, 0.5) is 5.95 Å². The molecular weight excluding hydrogens is 314 g/mol. The van der Waals surface area contributed by atoms with Crippen LogP contribution in [0, 0.1) is 0 Å². The first-order valence-corrected chi connectivity index (χ1v) is 8.80. The molecule has 1 fully saturated rings. The third-order valence-corrected chi connectivity index (χ3v) is 5.28. The highest BCUT2D eigenvalue weighted by molar-refractivity contribution is 5.69. The molecule has 25 heavy (non-hydrogen) atoms. The van der Waals surface area contributed by atoms with Gasteiger partial charge in [-0.15, -0.1) is 5.10 Å². The standard InChI is InChI=1S/C18H19N7/c1-11-9-10-25(11)18-19-15-4-2-3-14(15)16(20-18)12-5-7-13(8-6-12)17-21-23-24-22-17/h5-8,11H,2-4,9-10H2,1H3,(H,21,22,23,24).